The lowest BCUT2D eigenvalue weighted by atomic mass is 9.88. The van der Waals surface area contributed by atoms with Crippen molar-refractivity contribution in [3.63, 3.8) is 0 Å². The topological polar surface area (TPSA) is 0 Å². The highest BCUT2D eigenvalue weighted by Crippen LogP contribution is 2.28. The predicted octanol–water partition coefficient (Wildman–Crippen LogP) is 4.89. The average Bonchev–Trinajstić information content (AvgIpc) is 2.18. The fourth-order valence-corrected chi connectivity index (χ4v) is 1.79. The van der Waals surface area contributed by atoms with Crippen LogP contribution in [0.5, 0.6) is 0 Å². The van der Waals surface area contributed by atoms with Gasteiger partial charge in [0.2, 0.25) is 0 Å². The van der Waals surface area contributed by atoms with Crippen molar-refractivity contribution in [2.24, 2.45) is 5.41 Å². The van der Waals surface area contributed by atoms with Crippen LogP contribution in [0.2, 0.25) is 0 Å². The molecule has 0 radical (unpaired) electrons. The van der Waals surface area contributed by atoms with Crippen LogP contribution in [0.15, 0.2) is 18.2 Å². The molecule has 0 saturated heterocycles. The minimum absolute atomic E-state index is 0.196. The summed E-state index contributed by atoms with van der Waals surface area (Å²) in [5.41, 5.74) is 4.33. The van der Waals surface area contributed by atoms with Crippen molar-refractivity contribution in [2.45, 2.75) is 52.8 Å². The summed E-state index contributed by atoms with van der Waals surface area (Å²) in [6.07, 6.45) is 2.13. The van der Waals surface area contributed by atoms with E-state index in [1.807, 2.05) is 0 Å². The van der Waals surface area contributed by atoms with Gasteiger partial charge in [-0.25, -0.2) is 0 Å². The zero-order valence-corrected chi connectivity index (χ0v) is 11.9. The van der Waals surface area contributed by atoms with Crippen LogP contribution in [-0.4, -0.2) is 5.38 Å². The summed E-state index contributed by atoms with van der Waals surface area (Å²) < 4.78 is 0. The van der Waals surface area contributed by atoms with E-state index in [0.717, 1.165) is 12.8 Å². The molecule has 0 heterocycles. The maximum Gasteiger partial charge on any atom is 0.0387 e. The lowest BCUT2D eigenvalue weighted by molar-refractivity contribution is 0.374. The first-order chi connectivity index (χ1) is 7.30. The van der Waals surface area contributed by atoms with Gasteiger partial charge in [-0.1, -0.05) is 39.0 Å². The van der Waals surface area contributed by atoms with Crippen molar-refractivity contribution >= 4 is 11.6 Å². The van der Waals surface area contributed by atoms with Crippen LogP contribution in [-0.2, 0) is 6.42 Å². The second-order valence-corrected chi connectivity index (χ2v) is 6.32. The van der Waals surface area contributed by atoms with E-state index in [0.29, 0.717) is 0 Å². The van der Waals surface area contributed by atoms with Gasteiger partial charge in [-0.05, 0) is 48.8 Å². The molecule has 0 nitrogen and oxygen atoms in total. The van der Waals surface area contributed by atoms with Crippen LogP contribution in [0.1, 0.15) is 43.9 Å². The van der Waals surface area contributed by atoms with Gasteiger partial charge in [0.05, 0.1) is 0 Å². The van der Waals surface area contributed by atoms with Crippen molar-refractivity contribution in [1.29, 1.82) is 0 Å². The first-order valence-electron chi connectivity index (χ1n) is 6.01. The van der Waals surface area contributed by atoms with Gasteiger partial charge in [0, 0.05) is 5.38 Å². The fraction of sp³-hybridized carbons (Fsp3) is 0.600. The van der Waals surface area contributed by atoms with Crippen LogP contribution in [0, 0.1) is 19.3 Å². The number of halogens is 1. The zero-order chi connectivity index (χ0) is 12.3. The second-order valence-electron chi connectivity index (χ2n) is 5.79. The monoisotopic (exact) mass is 238 g/mol. The van der Waals surface area contributed by atoms with E-state index in [2.05, 4.69) is 52.8 Å². The standard InChI is InChI=1S/C15H23Cl/c1-11-6-7-13(10-12(11)2)8-9-14(16)15(3,4)5/h6-7,10,14H,8-9H2,1-5H3. The van der Waals surface area contributed by atoms with Gasteiger partial charge >= 0.3 is 0 Å². The summed E-state index contributed by atoms with van der Waals surface area (Å²) in [5.74, 6) is 0. The summed E-state index contributed by atoms with van der Waals surface area (Å²) in [6.45, 7) is 10.9. The van der Waals surface area contributed by atoms with Crippen LogP contribution in [0.4, 0.5) is 0 Å². The molecule has 1 rings (SSSR count). The first-order valence-corrected chi connectivity index (χ1v) is 6.44. The van der Waals surface area contributed by atoms with Crippen molar-refractivity contribution in [1.82, 2.24) is 0 Å². The molecule has 0 bridgehead atoms. The molecule has 1 aromatic rings. The number of hydrogen-bond acceptors (Lipinski definition) is 0. The van der Waals surface area contributed by atoms with E-state index in [1.54, 1.807) is 0 Å². The third-order valence-electron chi connectivity index (χ3n) is 3.20. The SMILES string of the molecule is Cc1ccc(CCC(Cl)C(C)(C)C)cc1C. The second kappa shape index (κ2) is 5.23. The Morgan fingerprint density at radius 1 is 1.12 bits per heavy atom. The fourth-order valence-electron chi connectivity index (χ4n) is 1.69. The van der Waals surface area contributed by atoms with Gasteiger partial charge in [-0.3, -0.25) is 0 Å². The Kier molecular flexibility index (Phi) is 4.43. The van der Waals surface area contributed by atoms with Crippen LogP contribution < -0.4 is 0 Å². The molecule has 1 heteroatoms. The highest BCUT2D eigenvalue weighted by atomic mass is 35.5. The van der Waals surface area contributed by atoms with E-state index in [4.69, 9.17) is 11.6 Å². The molecular formula is C15H23Cl. The predicted molar refractivity (Wildman–Crippen MR) is 73.3 cm³/mol. The summed E-state index contributed by atoms with van der Waals surface area (Å²) >= 11 is 6.38. The highest BCUT2D eigenvalue weighted by Gasteiger charge is 2.21. The van der Waals surface area contributed by atoms with Gasteiger partial charge in [0.1, 0.15) is 0 Å². The Labute approximate surface area is 105 Å². The molecule has 0 aliphatic carbocycles. The van der Waals surface area contributed by atoms with Crippen LogP contribution in [0.3, 0.4) is 0 Å². The summed E-state index contributed by atoms with van der Waals surface area (Å²) in [5, 5.41) is 0.245. The number of rotatable bonds is 3. The van der Waals surface area contributed by atoms with Gasteiger partial charge in [-0.2, -0.15) is 0 Å². The normalized spacial score (nSPS) is 13.9. The molecule has 1 unspecified atom stereocenters. The van der Waals surface area contributed by atoms with E-state index in [9.17, 15) is 0 Å². The summed E-state index contributed by atoms with van der Waals surface area (Å²) in [7, 11) is 0. The van der Waals surface area contributed by atoms with E-state index in [-0.39, 0.29) is 10.8 Å². The van der Waals surface area contributed by atoms with Crippen LogP contribution >= 0.6 is 11.6 Å². The summed E-state index contributed by atoms with van der Waals surface area (Å²) in [4.78, 5) is 0. The van der Waals surface area contributed by atoms with Crippen LogP contribution in [0.25, 0.3) is 0 Å². The molecule has 16 heavy (non-hydrogen) atoms. The Bertz CT molecular complexity index is 347. The molecule has 1 aromatic carbocycles. The van der Waals surface area contributed by atoms with Gasteiger partial charge in [-0.15, -0.1) is 11.6 Å². The molecule has 0 aliphatic heterocycles. The highest BCUT2D eigenvalue weighted by molar-refractivity contribution is 6.21. The lowest BCUT2D eigenvalue weighted by Gasteiger charge is -2.25. The van der Waals surface area contributed by atoms with E-state index >= 15 is 0 Å². The molecule has 0 N–H and O–H groups in total. The Balaban J connectivity index is 2.58. The van der Waals surface area contributed by atoms with Crippen molar-refractivity contribution in [3.8, 4) is 0 Å². The number of benzene rings is 1. The Morgan fingerprint density at radius 2 is 1.75 bits per heavy atom. The molecular weight excluding hydrogens is 216 g/mol. The third kappa shape index (κ3) is 3.83. The molecule has 0 aliphatic rings. The minimum atomic E-state index is 0.196. The average molecular weight is 239 g/mol. The smallest absolute Gasteiger partial charge is 0.0387 e. The van der Waals surface area contributed by atoms with Crippen molar-refractivity contribution in [2.75, 3.05) is 0 Å². The molecule has 0 fully saturated rings. The van der Waals surface area contributed by atoms with Gasteiger partial charge < -0.3 is 0 Å². The largest absolute Gasteiger partial charge is 0.122 e. The number of aryl methyl sites for hydroxylation is 3. The molecule has 1 atom stereocenters. The van der Waals surface area contributed by atoms with E-state index < -0.39 is 0 Å². The number of hydrogen-bond donors (Lipinski definition) is 0. The molecule has 0 saturated carbocycles. The molecule has 0 amide bonds. The van der Waals surface area contributed by atoms with Gasteiger partial charge in [0.15, 0.2) is 0 Å². The maximum atomic E-state index is 6.38. The molecule has 0 aromatic heterocycles. The third-order valence-corrected chi connectivity index (χ3v) is 4.07. The summed E-state index contributed by atoms with van der Waals surface area (Å²) in [6, 6.07) is 6.70. The maximum absolute atomic E-state index is 6.38. The van der Waals surface area contributed by atoms with E-state index in [1.165, 1.54) is 16.7 Å². The lowest BCUT2D eigenvalue weighted by Crippen LogP contribution is -2.21. The van der Waals surface area contributed by atoms with Gasteiger partial charge in [0.25, 0.3) is 0 Å². The first kappa shape index (κ1) is 13.6. The minimum Gasteiger partial charge on any atom is -0.122 e. The van der Waals surface area contributed by atoms with Crippen molar-refractivity contribution in [3.05, 3.63) is 34.9 Å². The molecule has 90 valence electrons. The molecule has 0 spiro atoms. The quantitative estimate of drug-likeness (QED) is 0.658. The number of alkyl halides is 1. The Morgan fingerprint density at radius 3 is 2.25 bits per heavy atom. The van der Waals surface area contributed by atoms with Crippen molar-refractivity contribution < 1.29 is 0 Å². The zero-order valence-electron chi connectivity index (χ0n) is 11.1. The Hall–Kier alpha value is -0.490.